The van der Waals surface area contributed by atoms with Crippen molar-refractivity contribution < 1.29 is 5.11 Å². The van der Waals surface area contributed by atoms with Crippen LogP contribution in [0.4, 0.5) is 0 Å². The number of aryl methyl sites for hydroxylation is 1. The van der Waals surface area contributed by atoms with E-state index in [1.54, 1.807) is 6.33 Å². The number of fused-ring (bicyclic) bond motifs is 1. The Morgan fingerprint density at radius 2 is 1.94 bits per heavy atom. The predicted octanol–water partition coefficient (Wildman–Crippen LogP) is 2.30. The van der Waals surface area contributed by atoms with Crippen molar-refractivity contribution in [3.63, 3.8) is 0 Å². The summed E-state index contributed by atoms with van der Waals surface area (Å²) in [5, 5.41) is 9.99. The summed E-state index contributed by atoms with van der Waals surface area (Å²) in [5.74, 6) is 0.284. The van der Waals surface area contributed by atoms with Crippen molar-refractivity contribution in [2.24, 2.45) is 5.92 Å². The van der Waals surface area contributed by atoms with Gasteiger partial charge >= 0.3 is 0 Å². The number of aliphatic hydroxyl groups is 1. The minimum absolute atomic E-state index is 0.284. The first-order valence-corrected chi connectivity index (χ1v) is 6.68. The third-order valence-corrected chi connectivity index (χ3v) is 3.64. The SMILES string of the molecule is CC(C)C(O)Cc1ncnc2c1CCCCC2. The first kappa shape index (κ1) is 12.5. The van der Waals surface area contributed by atoms with Gasteiger partial charge in [0.1, 0.15) is 6.33 Å². The smallest absolute Gasteiger partial charge is 0.115 e. The van der Waals surface area contributed by atoms with E-state index < -0.39 is 0 Å². The summed E-state index contributed by atoms with van der Waals surface area (Å²) in [4.78, 5) is 8.78. The monoisotopic (exact) mass is 234 g/mol. The molecule has 2 rings (SSSR count). The average Bonchev–Trinajstić information content (AvgIpc) is 2.54. The third kappa shape index (κ3) is 3.03. The van der Waals surface area contributed by atoms with E-state index in [4.69, 9.17) is 0 Å². The van der Waals surface area contributed by atoms with Crippen LogP contribution in [0.2, 0.25) is 0 Å². The molecule has 0 spiro atoms. The van der Waals surface area contributed by atoms with Crippen molar-refractivity contribution in [1.82, 2.24) is 9.97 Å². The molecule has 1 atom stereocenters. The van der Waals surface area contributed by atoms with Gasteiger partial charge in [-0.1, -0.05) is 20.3 Å². The van der Waals surface area contributed by atoms with Crippen molar-refractivity contribution in [2.75, 3.05) is 0 Å². The number of hydrogen-bond acceptors (Lipinski definition) is 3. The van der Waals surface area contributed by atoms with Gasteiger partial charge in [0.25, 0.3) is 0 Å². The lowest BCUT2D eigenvalue weighted by Gasteiger charge is -2.16. The van der Waals surface area contributed by atoms with Crippen LogP contribution in [0.3, 0.4) is 0 Å². The fourth-order valence-electron chi connectivity index (χ4n) is 2.38. The Morgan fingerprint density at radius 3 is 2.71 bits per heavy atom. The Morgan fingerprint density at radius 1 is 1.18 bits per heavy atom. The first-order chi connectivity index (χ1) is 8.18. The lowest BCUT2D eigenvalue weighted by Crippen LogP contribution is -2.20. The minimum atomic E-state index is -0.294. The first-order valence-electron chi connectivity index (χ1n) is 6.68. The quantitative estimate of drug-likeness (QED) is 0.816. The molecule has 1 aromatic rings. The second-order valence-corrected chi connectivity index (χ2v) is 5.32. The van der Waals surface area contributed by atoms with Crippen LogP contribution < -0.4 is 0 Å². The van der Waals surface area contributed by atoms with Crippen LogP contribution in [0.5, 0.6) is 0 Å². The summed E-state index contributed by atoms with van der Waals surface area (Å²) in [6.45, 7) is 4.09. The van der Waals surface area contributed by atoms with Crippen LogP contribution in [0.1, 0.15) is 50.1 Å². The molecule has 1 aliphatic carbocycles. The van der Waals surface area contributed by atoms with E-state index in [1.807, 2.05) is 13.8 Å². The number of hydrogen-bond donors (Lipinski definition) is 1. The van der Waals surface area contributed by atoms with Crippen LogP contribution in [-0.4, -0.2) is 21.2 Å². The zero-order valence-electron chi connectivity index (χ0n) is 10.8. The Balaban J connectivity index is 2.22. The molecule has 0 saturated carbocycles. The highest BCUT2D eigenvalue weighted by molar-refractivity contribution is 5.26. The molecule has 0 bridgehead atoms. The van der Waals surface area contributed by atoms with E-state index in [9.17, 15) is 5.11 Å². The van der Waals surface area contributed by atoms with Gasteiger partial charge in [0.2, 0.25) is 0 Å². The molecule has 0 aliphatic heterocycles. The Labute approximate surface area is 103 Å². The topological polar surface area (TPSA) is 46.0 Å². The summed E-state index contributed by atoms with van der Waals surface area (Å²) >= 11 is 0. The van der Waals surface area contributed by atoms with Crippen LogP contribution in [0, 0.1) is 5.92 Å². The Kier molecular flexibility index (Phi) is 4.11. The van der Waals surface area contributed by atoms with Gasteiger partial charge in [-0.2, -0.15) is 0 Å². The molecular weight excluding hydrogens is 212 g/mol. The van der Waals surface area contributed by atoms with E-state index in [2.05, 4.69) is 9.97 Å². The van der Waals surface area contributed by atoms with Crippen molar-refractivity contribution in [3.05, 3.63) is 23.3 Å². The molecule has 0 radical (unpaired) electrons. The summed E-state index contributed by atoms with van der Waals surface area (Å²) in [6, 6.07) is 0. The molecule has 1 aliphatic rings. The summed E-state index contributed by atoms with van der Waals surface area (Å²) in [5.41, 5.74) is 3.59. The molecule has 1 aromatic heterocycles. The zero-order chi connectivity index (χ0) is 12.3. The van der Waals surface area contributed by atoms with Crippen LogP contribution in [0.25, 0.3) is 0 Å². The van der Waals surface area contributed by atoms with Crippen molar-refractivity contribution >= 4 is 0 Å². The fourth-order valence-corrected chi connectivity index (χ4v) is 2.38. The van der Waals surface area contributed by atoms with Gasteiger partial charge in [0.15, 0.2) is 0 Å². The molecule has 3 heteroatoms. The van der Waals surface area contributed by atoms with Gasteiger partial charge in [-0.15, -0.1) is 0 Å². The van der Waals surface area contributed by atoms with Crippen molar-refractivity contribution in [1.29, 1.82) is 0 Å². The molecule has 1 heterocycles. The van der Waals surface area contributed by atoms with Crippen molar-refractivity contribution in [2.45, 2.75) is 58.5 Å². The minimum Gasteiger partial charge on any atom is -0.392 e. The predicted molar refractivity (Wildman–Crippen MR) is 67.8 cm³/mol. The standard InChI is InChI=1S/C14H22N2O/c1-10(2)14(17)8-13-11-6-4-3-5-7-12(11)15-9-16-13/h9-10,14,17H,3-8H2,1-2H3. The Bertz CT molecular complexity index is 376. The summed E-state index contributed by atoms with van der Waals surface area (Å²) < 4.78 is 0. The normalized spacial score (nSPS) is 17.6. The van der Waals surface area contributed by atoms with E-state index >= 15 is 0 Å². The van der Waals surface area contributed by atoms with Gasteiger partial charge in [-0.25, -0.2) is 9.97 Å². The maximum Gasteiger partial charge on any atom is 0.115 e. The molecule has 0 amide bonds. The lowest BCUT2D eigenvalue weighted by molar-refractivity contribution is 0.124. The fraction of sp³-hybridized carbons (Fsp3) is 0.714. The van der Waals surface area contributed by atoms with Gasteiger partial charge in [-0.05, 0) is 37.2 Å². The highest BCUT2D eigenvalue weighted by atomic mass is 16.3. The lowest BCUT2D eigenvalue weighted by atomic mass is 9.97. The van der Waals surface area contributed by atoms with Crippen LogP contribution in [0.15, 0.2) is 6.33 Å². The second kappa shape index (κ2) is 5.58. The molecule has 0 fully saturated rings. The largest absolute Gasteiger partial charge is 0.392 e. The summed E-state index contributed by atoms with van der Waals surface area (Å²) in [6.07, 6.45) is 7.93. The van der Waals surface area contributed by atoms with Gasteiger partial charge in [0, 0.05) is 17.8 Å². The van der Waals surface area contributed by atoms with E-state index in [1.165, 1.54) is 30.5 Å². The number of nitrogens with zero attached hydrogens (tertiary/aromatic N) is 2. The molecule has 1 unspecified atom stereocenters. The molecular formula is C14H22N2O. The highest BCUT2D eigenvalue weighted by Gasteiger charge is 2.18. The second-order valence-electron chi connectivity index (χ2n) is 5.32. The average molecular weight is 234 g/mol. The molecule has 17 heavy (non-hydrogen) atoms. The maximum absolute atomic E-state index is 9.99. The van der Waals surface area contributed by atoms with E-state index in [0.717, 1.165) is 18.5 Å². The van der Waals surface area contributed by atoms with Crippen molar-refractivity contribution in [3.8, 4) is 0 Å². The number of aromatic nitrogens is 2. The van der Waals surface area contributed by atoms with Gasteiger partial charge in [-0.3, -0.25) is 0 Å². The van der Waals surface area contributed by atoms with Crippen LogP contribution in [-0.2, 0) is 19.3 Å². The van der Waals surface area contributed by atoms with E-state index in [-0.39, 0.29) is 12.0 Å². The Hall–Kier alpha value is -0.960. The van der Waals surface area contributed by atoms with Gasteiger partial charge in [0.05, 0.1) is 6.10 Å². The van der Waals surface area contributed by atoms with Crippen LogP contribution >= 0.6 is 0 Å². The molecule has 1 N–H and O–H groups in total. The molecule has 0 aromatic carbocycles. The zero-order valence-corrected chi connectivity index (χ0v) is 10.8. The third-order valence-electron chi connectivity index (χ3n) is 3.64. The van der Waals surface area contributed by atoms with E-state index in [0.29, 0.717) is 6.42 Å². The number of aliphatic hydroxyl groups excluding tert-OH is 1. The number of rotatable bonds is 3. The van der Waals surface area contributed by atoms with Gasteiger partial charge < -0.3 is 5.11 Å². The maximum atomic E-state index is 9.99. The summed E-state index contributed by atoms with van der Waals surface area (Å²) in [7, 11) is 0. The highest BCUT2D eigenvalue weighted by Crippen LogP contribution is 2.22. The molecule has 94 valence electrons. The molecule has 3 nitrogen and oxygen atoms in total. The molecule has 0 saturated heterocycles.